The van der Waals surface area contributed by atoms with Crippen molar-refractivity contribution in [2.45, 2.75) is 19.9 Å². The maximum Gasteiger partial charge on any atom is 0.251 e. The number of halogens is 1. The molecule has 0 saturated heterocycles. The molecule has 0 aliphatic heterocycles. The minimum Gasteiger partial charge on any atom is -0.394 e. The van der Waals surface area contributed by atoms with Gasteiger partial charge in [0, 0.05) is 16.6 Å². The van der Waals surface area contributed by atoms with E-state index in [0.29, 0.717) is 10.6 Å². The van der Waals surface area contributed by atoms with Crippen LogP contribution < -0.4 is 5.32 Å². The van der Waals surface area contributed by atoms with Crippen LogP contribution in [0.3, 0.4) is 0 Å². The van der Waals surface area contributed by atoms with Gasteiger partial charge >= 0.3 is 0 Å². The normalized spacial score (nSPS) is 12.3. The van der Waals surface area contributed by atoms with Gasteiger partial charge < -0.3 is 10.4 Å². The van der Waals surface area contributed by atoms with E-state index in [9.17, 15) is 4.79 Å². The predicted molar refractivity (Wildman–Crippen MR) is 60.2 cm³/mol. The Morgan fingerprint density at radius 1 is 1.60 bits per heavy atom. The number of aliphatic hydroxyl groups excluding tert-OH is 1. The standard InChI is InChI=1S/C11H14ClNO2/c1-7-5-9(3-4-10(7)12)11(15)13-8(2)6-14/h3-5,8,14H,6H2,1-2H3,(H,13,15). The molecular weight excluding hydrogens is 214 g/mol. The van der Waals surface area contributed by atoms with Crippen molar-refractivity contribution < 1.29 is 9.90 Å². The van der Waals surface area contributed by atoms with Crippen molar-refractivity contribution in [2.75, 3.05) is 6.61 Å². The zero-order valence-corrected chi connectivity index (χ0v) is 9.51. The molecule has 0 aliphatic carbocycles. The summed E-state index contributed by atoms with van der Waals surface area (Å²) < 4.78 is 0. The monoisotopic (exact) mass is 227 g/mol. The number of carbonyl (C=O) groups is 1. The van der Waals surface area contributed by atoms with Crippen LogP contribution in [-0.2, 0) is 0 Å². The highest BCUT2D eigenvalue weighted by Crippen LogP contribution is 2.16. The molecule has 1 atom stereocenters. The summed E-state index contributed by atoms with van der Waals surface area (Å²) in [5.41, 5.74) is 1.41. The molecule has 1 rings (SSSR count). The van der Waals surface area contributed by atoms with Crippen LogP contribution in [0.25, 0.3) is 0 Å². The zero-order valence-electron chi connectivity index (χ0n) is 8.75. The van der Waals surface area contributed by atoms with E-state index in [0.717, 1.165) is 5.56 Å². The molecule has 0 aromatic heterocycles. The molecule has 2 N–H and O–H groups in total. The molecule has 15 heavy (non-hydrogen) atoms. The summed E-state index contributed by atoms with van der Waals surface area (Å²) in [5.74, 6) is -0.198. The van der Waals surface area contributed by atoms with Gasteiger partial charge in [0.25, 0.3) is 5.91 Å². The molecular formula is C11H14ClNO2. The Hall–Kier alpha value is -1.06. The van der Waals surface area contributed by atoms with Gasteiger partial charge in [0.1, 0.15) is 0 Å². The van der Waals surface area contributed by atoms with Crippen molar-refractivity contribution in [1.82, 2.24) is 5.32 Å². The van der Waals surface area contributed by atoms with Crippen LogP contribution in [0.2, 0.25) is 5.02 Å². The third-order valence-electron chi connectivity index (χ3n) is 2.07. The lowest BCUT2D eigenvalue weighted by atomic mass is 10.1. The van der Waals surface area contributed by atoms with Crippen LogP contribution in [0.4, 0.5) is 0 Å². The lowest BCUT2D eigenvalue weighted by Crippen LogP contribution is -2.34. The van der Waals surface area contributed by atoms with E-state index in [4.69, 9.17) is 16.7 Å². The summed E-state index contributed by atoms with van der Waals surface area (Å²) in [6.07, 6.45) is 0. The Bertz CT molecular complexity index is 366. The molecule has 1 unspecified atom stereocenters. The molecule has 0 heterocycles. The number of hydrogen-bond donors (Lipinski definition) is 2. The number of nitrogens with one attached hydrogen (secondary N) is 1. The van der Waals surface area contributed by atoms with Crippen LogP contribution in [0.5, 0.6) is 0 Å². The van der Waals surface area contributed by atoms with Gasteiger partial charge in [-0.1, -0.05) is 11.6 Å². The van der Waals surface area contributed by atoms with E-state index in [1.807, 2.05) is 6.92 Å². The molecule has 4 heteroatoms. The average molecular weight is 228 g/mol. The molecule has 3 nitrogen and oxygen atoms in total. The van der Waals surface area contributed by atoms with Gasteiger partial charge in [0.15, 0.2) is 0 Å². The van der Waals surface area contributed by atoms with Crippen LogP contribution in [-0.4, -0.2) is 23.7 Å². The summed E-state index contributed by atoms with van der Waals surface area (Å²) >= 11 is 5.85. The highest BCUT2D eigenvalue weighted by Gasteiger charge is 2.09. The largest absolute Gasteiger partial charge is 0.394 e. The third kappa shape index (κ3) is 3.22. The fraction of sp³-hybridized carbons (Fsp3) is 0.364. The Kier molecular flexibility index (Phi) is 4.12. The Balaban J connectivity index is 2.78. The topological polar surface area (TPSA) is 49.3 Å². The molecule has 1 aromatic rings. The SMILES string of the molecule is Cc1cc(C(=O)NC(C)CO)ccc1Cl. The first-order valence-corrected chi connectivity index (χ1v) is 5.10. The predicted octanol–water partition coefficient (Wildman–Crippen LogP) is 1.76. The molecule has 0 bridgehead atoms. The second-order valence-corrected chi connectivity index (χ2v) is 3.93. The van der Waals surface area contributed by atoms with Crippen LogP contribution in [0, 0.1) is 6.92 Å². The van der Waals surface area contributed by atoms with Gasteiger partial charge in [-0.2, -0.15) is 0 Å². The number of benzene rings is 1. The second-order valence-electron chi connectivity index (χ2n) is 3.52. The lowest BCUT2D eigenvalue weighted by Gasteiger charge is -2.11. The lowest BCUT2D eigenvalue weighted by molar-refractivity contribution is 0.0922. The first-order valence-electron chi connectivity index (χ1n) is 4.72. The fourth-order valence-corrected chi connectivity index (χ4v) is 1.26. The van der Waals surface area contributed by atoms with E-state index in [1.165, 1.54) is 0 Å². The maximum absolute atomic E-state index is 11.6. The molecule has 1 amide bonds. The van der Waals surface area contributed by atoms with E-state index >= 15 is 0 Å². The van der Waals surface area contributed by atoms with E-state index in [-0.39, 0.29) is 18.6 Å². The molecule has 0 saturated carbocycles. The van der Waals surface area contributed by atoms with Crippen molar-refractivity contribution in [3.8, 4) is 0 Å². The summed E-state index contributed by atoms with van der Waals surface area (Å²) in [5, 5.41) is 12.1. The summed E-state index contributed by atoms with van der Waals surface area (Å²) in [6, 6.07) is 4.83. The first-order chi connectivity index (χ1) is 7.04. The van der Waals surface area contributed by atoms with Gasteiger partial charge in [-0.25, -0.2) is 0 Å². The number of rotatable bonds is 3. The molecule has 0 fully saturated rings. The number of carbonyl (C=O) groups excluding carboxylic acids is 1. The molecule has 0 aliphatic rings. The van der Waals surface area contributed by atoms with Gasteiger partial charge in [-0.15, -0.1) is 0 Å². The van der Waals surface area contributed by atoms with Crippen molar-refractivity contribution in [3.05, 3.63) is 34.3 Å². The highest BCUT2D eigenvalue weighted by atomic mass is 35.5. The van der Waals surface area contributed by atoms with Crippen molar-refractivity contribution in [1.29, 1.82) is 0 Å². The smallest absolute Gasteiger partial charge is 0.251 e. The number of amides is 1. The van der Waals surface area contributed by atoms with E-state index < -0.39 is 0 Å². The third-order valence-corrected chi connectivity index (χ3v) is 2.50. The minimum atomic E-state index is -0.242. The average Bonchev–Trinajstić information content (AvgIpc) is 2.21. The summed E-state index contributed by atoms with van der Waals surface area (Å²) in [7, 11) is 0. The first kappa shape index (κ1) is 12.0. The van der Waals surface area contributed by atoms with E-state index in [1.54, 1.807) is 25.1 Å². The molecule has 82 valence electrons. The number of aryl methyl sites for hydroxylation is 1. The van der Waals surface area contributed by atoms with Crippen molar-refractivity contribution in [2.24, 2.45) is 0 Å². The van der Waals surface area contributed by atoms with Crippen molar-refractivity contribution in [3.63, 3.8) is 0 Å². The Morgan fingerprint density at radius 3 is 2.80 bits per heavy atom. The van der Waals surface area contributed by atoms with Crippen LogP contribution in [0.15, 0.2) is 18.2 Å². The number of hydrogen-bond acceptors (Lipinski definition) is 2. The molecule has 0 spiro atoms. The van der Waals surface area contributed by atoms with E-state index in [2.05, 4.69) is 5.32 Å². The fourth-order valence-electron chi connectivity index (χ4n) is 1.14. The van der Waals surface area contributed by atoms with Crippen LogP contribution >= 0.6 is 11.6 Å². The van der Waals surface area contributed by atoms with Crippen molar-refractivity contribution >= 4 is 17.5 Å². The molecule has 0 radical (unpaired) electrons. The van der Waals surface area contributed by atoms with Crippen LogP contribution in [0.1, 0.15) is 22.8 Å². The second kappa shape index (κ2) is 5.14. The minimum absolute atomic E-state index is 0.0711. The van der Waals surface area contributed by atoms with Gasteiger partial charge in [0.05, 0.1) is 6.61 Å². The van der Waals surface area contributed by atoms with Gasteiger partial charge in [-0.3, -0.25) is 4.79 Å². The highest BCUT2D eigenvalue weighted by molar-refractivity contribution is 6.31. The maximum atomic E-state index is 11.6. The zero-order chi connectivity index (χ0) is 11.4. The Morgan fingerprint density at radius 2 is 2.27 bits per heavy atom. The van der Waals surface area contributed by atoms with Gasteiger partial charge in [-0.05, 0) is 37.6 Å². The summed E-state index contributed by atoms with van der Waals surface area (Å²) in [4.78, 5) is 11.6. The summed E-state index contributed by atoms with van der Waals surface area (Å²) in [6.45, 7) is 3.51. The Labute approximate surface area is 94.1 Å². The molecule has 1 aromatic carbocycles. The van der Waals surface area contributed by atoms with Gasteiger partial charge in [0.2, 0.25) is 0 Å². The quantitative estimate of drug-likeness (QED) is 0.827. The number of aliphatic hydroxyl groups is 1.